The molecule has 1 unspecified atom stereocenters. The molecule has 2 aromatic heterocycles. The minimum absolute atomic E-state index is 0.0457. The summed E-state index contributed by atoms with van der Waals surface area (Å²) in [5.74, 6) is 1.04. The van der Waals surface area contributed by atoms with E-state index in [1.165, 1.54) is 23.1 Å². The van der Waals surface area contributed by atoms with E-state index in [4.69, 9.17) is 10.5 Å². The van der Waals surface area contributed by atoms with Gasteiger partial charge in [-0.15, -0.1) is 11.3 Å². The third kappa shape index (κ3) is 5.03. The fourth-order valence-corrected chi connectivity index (χ4v) is 3.79. The zero-order chi connectivity index (χ0) is 17.7. The lowest BCUT2D eigenvalue weighted by molar-refractivity contribution is -0.142. The molecule has 8 nitrogen and oxygen atoms in total. The monoisotopic (exact) mass is 368 g/mol. The molecule has 0 aliphatic carbocycles. The van der Waals surface area contributed by atoms with Crippen molar-refractivity contribution in [3.8, 4) is 0 Å². The molecule has 2 aromatic rings. The second-order valence-corrected chi connectivity index (χ2v) is 7.54. The molecule has 0 spiro atoms. The van der Waals surface area contributed by atoms with Crippen molar-refractivity contribution >= 4 is 41.0 Å². The van der Waals surface area contributed by atoms with Crippen LogP contribution in [-0.2, 0) is 16.0 Å². The number of ether oxygens (including phenoxy) is 1. The smallest absolute Gasteiger partial charge is 0.311 e. The van der Waals surface area contributed by atoms with Gasteiger partial charge in [-0.25, -0.2) is 4.98 Å². The molecule has 0 saturated carbocycles. The third-order valence-electron chi connectivity index (χ3n) is 2.86. The van der Waals surface area contributed by atoms with Crippen LogP contribution in [0, 0.1) is 0 Å². The molecular weight excluding hydrogens is 348 g/mol. The number of nitrogens with zero attached hydrogens (tertiary/aromatic N) is 5. The van der Waals surface area contributed by atoms with E-state index >= 15 is 0 Å². The van der Waals surface area contributed by atoms with Crippen molar-refractivity contribution in [2.45, 2.75) is 29.9 Å². The molecule has 0 aliphatic rings. The molecule has 0 fully saturated rings. The number of thiazole rings is 1. The van der Waals surface area contributed by atoms with E-state index in [0.717, 1.165) is 4.34 Å². The molecule has 0 bridgehead atoms. The standard InChI is InChI=1S/C14H20N6O2S2/c1-5-22-10(21)6-9-7-23-14(16-9)24-8(2)11-17-12(15)19-13(18-11)20(3)4/h7-8H,5-6H2,1-4H3,(H2,15,17,18,19). The van der Waals surface area contributed by atoms with E-state index in [2.05, 4.69) is 19.9 Å². The van der Waals surface area contributed by atoms with Gasteiger partial charge in [-0.05, 0) is 13.8 Å². The first kappa shape index (κ1) is 18.4. The summed E-state index contributed by atoms with van der Waals surface area (Å²) < 4.78 is 5.77. The quantitative estimate of drug-likeness (QED) is 0.579. The van der Waals surface area contributed by atoms with Gasteiger partial charge in [-0.3, -0.25) is 4.79 Å². The summed E-state index contributed by atoms with van der Waals surface area (Å²) in [7, 11) is 3.69. The fourth-order valence-electron chi connectivity index (χ4n) is 1.77. The molecule has 2 heterocycles. The fraction of sp³-hybridized carbons (Fsp3) is 0.500. The van der Waals surface area contributed by atoms with Crippen LogP contribution in [-0.4, -0.2) is 46.6 Å². The Morgan fingerprint density at radius 3 is 2.79 bits per heavy atom. The summed E-state index contributed by atoms with van der Waals surface area (Å²) >= 11 is 2.99. The summed E-state index contributed by atoms with van der Waals surface area (Å²) in [6.45, 7) is 4.13. The number of esters is 1. The molecule has 2 N–H and O–H groups in total. The Kier molecular flexibility index (Phi) is 6.32. The number of nitrogens with two attached hydrogens (primary N) is 1. The highest BCUT2D eigenvalue weighted by Crippen LogP contribution is 2.35. The summed E-state index contributed by atoms with van der Waals surface area (Å²) in [5, 5.41) is 1.81. The molecule has 24 heavy (non-hydrogen) atoms. The first-order chi connectivity index (χ1) is 11.4. The second kappa shape index (κ2) is 8.25. The Labute approximate surface area is 148 Å². The third-order valence-corrected chi connectivity index (χ3v) is 4.98. The van der Waals surface area contributed by atoms with Gasteiger partial charge in [0.15, 0.2) is 4.34 Å². The SMILES string of the molecule is CCOC(=O)Cc1csc(SC(C)c2nc(N)nc(N(C)C)n2)n1. The molecule has 0 saturated heterocycles. The highest BCUT2D eigenvalue weighted by Gasteiger charge is 2.17. The number of anilines is 2. The number of carbonyl (C=O) groups is 1. The summed E-state index contributed by atoms with van der Waals surface area (Å²) in [6.07, 6.45) is 0.183. The van der Waals surface area contributed by atoms with Crippen LogP contribution < -0.4 is 10.6 Å². The maximum Gasteiger partial charge on any atom is 0.311 e. The Hall–Kier alpha value is -1.94. The van der Waals surface area contributed by atoms with Gasteiger partial charge in [0.25, 0.3) is 0 Å². The zero-order valence-corrected chi connectivity index (χ0v) is 15.6. The van der Waals surface area contributed by atoms with E-state index in [-0.39, 0.29) is 23.6 Å². The van der Waals surface area contributed by atoms with Gasteiger partial charge in [-0.2, -0.15) is 15.0 Å². The number of aromatic nitrogens is 4. The second-order valence-electron chi connectivity index (χ2n) is 5.09. The van der Waals surface area contributed by atoms with Gasteiger partial charge in [-0.1, -0.05) is 11.8 Å². The van der Waals surface area contributed by atoms with Crippen molar-refractivity contribution in [3.05, 3.63) is 16.9 Å². The van der Waals surface area contributed by atoms with Crippen LogP contribution >= 0.6 is 23.1 Å². The molecule has 130 valence electrons. The Morgan fingerprint density at radius 1 is 1.38 bits per heavy atom. The van der Waals surface area contributed by atoms with Gasteiger partial charge in [0, 0.05) is 19.5 Å². The van der Waals surface area contributed by atoms with Crippen LogP contribution in [0.3, 0.4) is 0 Å². The summed E-state index contributed by atoms with van der Waals surface area (Å²) in [4.78, 5) is 30.4. The van der Waals surface area contributed by atoms with Crippen molar-refractivity contribution in [3.63, 3.8) is 0 Å². The topological polar surface area (TPSA) is 107 Å². The number of hydrogen-bond acceptors (Lipinski definition) is 10. The Balaban J connectivity index is 2.06. The van der Waals surface area contributed by atoms with Crippen LogP contribution in [0.1, 0.15) is 30.6 Å². The van der Waals surface area contributed by atoms with Crippen LogP contribution in [0.5, 0.6) is 0 Å². The number of rotatable bonds is 7. The number of carbonyl (C=O) groups excluding carboxylic acids is 1. The van der Waals surface area contributed by atoms with Gasteiger partial charge >= 0.3 is 5.97 Å². The van der Waals surface area contributed by atoms with Gasteiger partial charge in [0.1, 0.15) is 5.82 Å². The van der Waals surface area contributed by atoms with E-state index < -0.39 is 0 Å². The normalized spacial score (nSPS) is 12.0. The number of thioether (sulfide) groups is 1. The van der Waals surface area contributed by atoms with Crippen molar-refractivity contribution in [2.75, 3.05) is 31.3 Å². The molecule has 1 atom stereocenters. The molecule has 10 heteroatoms. The average molecular weight is 368 g/mol. The number of hydrogen-bond donors (Lipinski definition) is 1. The van der Waals surface area contributed by atoms with Crippen molar-refractivity contribution in [1.82, 2.24) is 19.9 Å². The molecular formula is C14H20N6O2S2. The first-order valence-corrected chi connectivity index (χ1v) is 9.10. The number of nitrogen functional groups attached to an aromatic ring is 1. The summed E-state index contributed by atoms with van der Waals surface area (Å²) in [5.41, 5.74) is 6.46. The first-order valence-electron chi connectivity index (χ1n) is 7.34. The van der Waals surface area contributed by atoms with Gasteiger partial charge in [0.05, 0.1) is 24.0 Å². The zero-order valence-electron chi connectivity index (χ0n) is 14.0. The van der Waals surface area contributed by atoms with Crippen molar-refractivity contribution < 1.29 is 9.53 Å². The molecule has 0 radical (unpaired) electrons. The molecule has 0 amide bonds. The van der Waals surface area contributed by atoms with Crippen molar-refractivity contribution in [1.29, 1.82) is 0 Å². The maximum absolute atomic E-state index is 11.5. The lowest BCUT2D eigenvalue weighted by atomic mass is 10.3. The lowest BCUT2D eigenvalue weighted by Gasteiger charge is -2.13. The molecule has 0 aliphatic heterocycles. The predicted molar refractivity (Wildman–Crippen MR) is 95.3 cm³/mol. The summed E-state index contributed by atoms with van der Waals surface area (Å²) in [6, 6.07) is 0. The van der Waals surface area contributed by atoms with Crippen molar-refractivity contribution in [2.24, 2.45) is 0 Å². The Morgan fingerprint density at radius 2 is 2.12 bits per heavy atom. The van der Waals surface area contributed by atoms with Crippen LogP contribution in [0.4, 0.5) is 11.9 Å². The van der Waals surface area contributed by atoms with E-state index in [1.54, 1.807) is 11.8 Å². The minimum Gasteiger partial charge on any atom is -0.466 e. The molecule has 0 aromatic carbocycles. The van der Waals surface area contributed by atoms with Gasteiger partial charge in [0.2, 0.25) is 11.9 Å². The highest BCUT2D eigenvalue weighted by atomic mass is 32.2. The minimum atomic E-state index is -0.270. The van der Waals surface area contributed by atoms with Crippen LogP contribution in [0.2, 0.25) is 0 Å². The van der Waals surface area contributed by atoms with Crippen LogP contribution in [0.15, 0.2) is 9.72 Å². The largest absolute Gasteiger partial charge is 0.466 e. The predicted octanol–water partition coefficient (Wildman–Crippen LogP) is 1.94. The van der Waals surface area contributed by atoms with E-state index in [1.807, 2.05) is 26.4 Å². The highest BCUT2D eigenvalue weighted by molar-refractivity contribution is 8.01. The Bertz CT molecular complexity index is 706. The van der Waals surface area contributed by atoms with Gasteiger partial charge < -0.3 is 15.4 Å². The maximum atomic E-state index is 11.5. The van der Waals surface area contributed by atoms with Crippen LogP contribution in [0.25, 0.3) is 0 Å². The lowest BCUT2D eigenvalue weighted by Crippen LogP contribution is -2.16. The van der Waals surface area contributed by atoms with E-state index in [9.17, 15) is 4.79 Å². The molecule has 2 rings (SSSR count). The van der Waals surface area contributed by atoms with E-state index in [0.29, 0.717) is 24.1 Å². The average Bonchev–Trinajstić information content (AvgIpc) is 2.93.